The van der Waals surface area contributed by atoms with Crippen molar-refractivity contribution in [3.63, 3.8) is 0 Å². The van der Waals surface area contributed by atoms with Gasteiger partial charge in [0, 0.05) is 0 Å². The highest BCUT2D eigenvalue weighted by Gasteiger charge is 2.38. The van der Waals surface area contributed by atoms with Gasteiger partial charge in [0.15, 0.2) is 6.61 Å². The smallest absolute Gasteiger partial charge is 0.268 e. The first-order valence-electron chi connectivity index (χ1n) is 10.1. The highest BCUT2D eigenvalue weighted by Crippen LogP contribution is 2.32. The number of amides is 3. The molecule has 0 aromatic heterocycles. The van der Waals surface area contributed by atoms with E-state index in [2.05, 4.69) is 5.32 Å². The second-order valence-corrected chi connectivity index (χ2v) is 7.36. The van der Waals surface area contributed by atoms with Crippen LogP contribution in [0.4, 0.5) is 11.4 Å². The van der Waals surface area contributed by atoms with Crippen molar-refractivity contribution >= 4 is 39.9 Å². The van der Waals surface area contributed by atoms with Crippen molar-refractivity contribution in [3.05, 3.63) is 102 Å². The van der Waals surface area contributed by atoms with E-state index in [9.17, 15) is 14.4 Å². The lowest BCUT2D eigenvalue weighted by Crippen LogP contribution is -2.29. The van der Waals surface area contributed by atoms with Gasteiger partial charge in [0.1, 0.15) is 5.75 Å². The first kappa shape index (κ1) is 19.5. The van der Waals surface area contributed by atoms with Gasteiger partial charge in [-0.3, -0.25) is 14.4 Å². The Morgan fingerprint density at radius 2 is 1.53 bits per heavy atom. The van der Waals surface area contributed by atoms with Crippen LogP contribution < -0.4 is 15.0 Å². The van der Waals surface area contributed by atoms with Gasteiger partial charge in [-0.15, -0.1) is 0 Å². The molecule has 1 aliphatic rings. The van der Waals surface area contributed by atoms with E-state index < -0.39 is 17.7 Å². The van der Waals surface area contributed by atoms with E-state index in [1.54, 1.807) is 48.5 Å². The van der Waals surface area contributed by atoms with Crippen molar-refractivity contribution in [2.45, 2.75) is 0 Å². The molecule has 156 valence electrons. The number of hydrogen-bond acceptors (Lipinski definition) is 4. The number of ether oxygens (including phenoxy) is 1. The molecule has 32 heavy (non-hydrogen) atoms. The molecule has 0 bridgehead atoms. The quantitative estimate of drug-likeness (QED) is 0.475. The van der Waals surface area contributed by atoms with E-state index in [1.807, 2.05) is 42.5 Å². The molecule has 1 N–H and O–H groups in total. The van der Waals surface area contributed by atoms with E-state index >= 15 is 0 Å². The second-order valence-electron chi connectivity index (χ2n) is 7.36. The van der Waals surface area contributed by atoms with Gasteiger partial charge in [-0.05, 0) is 47.2 Å². The molecule has 0 unspecified atom stereocenters. The lowest BCUT2D eigenvalue weighted by atomic mass is 10.1. The van der Waals surface area contributed by atoms with Crippen LogP contribution in [0.15, 0.2) is 91.0 Å². The fourth-order valence-corrected chi connectivity index (χ4v) is 3.79. The zero-order valence-corrected chi connectivity index (χ0v) is 16.9. The molecule has 4 aromatic carbocycles. The Bertz CT molecular complexity index is 1360. The van der Waals surface area contributed by atoms with Crippen LogP contribution >= 0.6 is 0 Å². The minimum absolute atomic E-state index is 0.181. The first-order valence-corrected chi connectivity index (χ1v) is 10.1. The molecular formula is C26H18N2O4. The van der Waals surface area contributed by atoms with Crippen LogP contribution in [0.25, 0.3) is 10.8 Å². The summed E-state index contributed by atoms with van der Waals surface area (Å²) in [5.41, 5.74) is 1.20. The number of rotatable bonds is 5. The molecule has 0 spiro atoms. The fraction of sp³-hybridized carbons (Fsp3) is 0.0385. The van der Waals surface area contributed by atoms with Crippen molar-refractivity contribution < 1.29 is 19.1 Å². The minimum Gasteiger partial charge on any atom is -0.484 e. The van der Waals surface area contributed by atoms with Gasteiger partial charge in [0.2, 0.25) is 0 Å². The average molecular weight is 422 g/mol. The standard InChI is InChI=1S/C26H18N2O4/c29-23(16-32-20-14-13-17-7-4-5-8-18(17)15-20)27-22-12-6-11-21-24(22)26(31)28(25(21)30)19-9-2-1-3-10-19/h1-15H,16H2,(H,27,29). The maximum absolute atomic E-state index is 13.0. The summed E-state index contributed by atoms with van der Waals surface area (Å²) in [6.07, 6.45) is 0. The Hall–Kier alpha value is -4.45. The molecule has 0 aliphatic carbocycles. The molecule has 0 saturated carbocycles. The highest BCUT2D eigenvalue weighted by molar-refractivity contribution is 6.36. The molecule has 0 radical (unpaired) electrons. The van der Waals surface area contributed by atoms with Crippen LogP contribution in [-0.2, 0) is 4.79 Å². The van der Waals surface area contributed by atoms with E-state index in [1.165, 1.54) is 0 Å². The van der Waals surface area contributed by atoms with Gasteiger partial charge in [0.05, 0.1) is 22.5 Å². The van der Waals surface area contributed by atoms with Gasteiger partial charge < -0.3 is 10.1 Å². The molecular weight excluding hydrogens is 404 g/mol. The zero-order valence-electron chi connectivity index (χ0n) is 16.9. The number of hydrogen-bond donors (Lipinski definition) is 1. The third-order valence-electron chi connectivity index (χ3n) is 5.29. The first-order chi connectivity index (χ1) is 15.6. The van der Waals surface area contributed by atoms with E-state index in [4.69, 9.17) is 4.74 Å². The van der Waals surface area contributed by atoms with Gasteiger partial charge in [-0.2, -0.15) is 0 Å². The number of carbonyl (C=O) groups excluding carboxylic acids is 3. The van der Waals surface area contributed by atoms with E-state index in [0.717, 1.165) is 15.7 Å². The van der Waals surface area contributed by atoms with Gasteiger partial charge in [-0.1, -0.05) is 54.6 Å². The minimum atomic E-state index is -0.470. The van der Waals surface area contributed by atoms with Crippen LogP contribution in [0.2, 0.25) is 0 Å². The largest absolute Gasteiger partial charge is 0.484 e. The maximum atomic E-state index is 13.0. The number of anilines is 2. The predicted molar refractivity (Wildman–Crippen MR) is 122 cm³/mol. The number of carbonyl (C=O) groups is 3. The number of benzene rings is 4. The molecule has 1 heterocycles. The molecule has 5 rings (SSSR count). The van der Waals surface area contributed by atoms with Crippen molar-refractivity contribution in [1.29, 1.82) is 0 Å². The summed E-state index contributed by atoms with van der Waals surface area (Å²) < 4.78 is 5.63. The Balaban J connectivity index is 1.33. The molecule has 0 atom stereocenters. The normalized spacial score (nSPS) is 12.7. The van der Waals surface area contributed by atoms with E-state index in [-0.39, 0.29) is 23.4 Å². The Kier molecular flexibility index (Phi) is 4.88. The number of nitrogens with zero attached hydrogens (tertiary/aromatic N) is 1. The monoisotopic (exact) mass is 422 g/mol. The molecule has 6 nitrogen and oxygen atoms in total. The van der Waals surface area contributed by atoms with Crippen LogP contribution in [-0.4, -0.2) is 24.3 Å². The summed E-state index contributed by atoms with van der Waals surface area (Å²) in [5.74, 6) is -0.745. The predicted octanol–water partition coefficient (Wildman–Crippen LogP) is 4.66. The Morgan fingerprint density at radius 3 is 2.34 bits per heavy atom. The number of para-hydroxylation sites is 1. The molecule has 0 fully saturated rings. The fourth-order valence-electron chi connectivity index (χ4n) is 3.79. The van der Waals surface area contributed by atoms with Crippen LogP contribution in [0.1, 0.15) is 20.7 Å². The number of imide groups is 1. The molecule has 1 aliphatic heterocycles. The van der Waals surface area contributed by atoms with Crippen molar-refractivity contribution in [1.82, 2.24) is 0 Å². The Labute approximate surface area is 184 Å². The molecule has 6 heteroatoms. The molecule has 4 aromatic rings. The van der Waals surface area contributed by atoms with Gasteiger partial charge in [-0.25, -0.2) is 4.90 Å². The summed E-state index contributed by atoms with van der Waals surface area (Å²) in [5, 5.41) is 4.80. The lowest BCUT2D eigenvalue weighted by molar-refractivity contribution is -0.118. The molecule has 0 saturated heterocycles. The summed E-state index contributed by atoms with van der Waals surface area (Å²) in [7, 11) is 0. The number of nitrogens with one attached hydrogen (secondary N) is 1. The van der Waals surface area contributed by atoms with Crippen LogP contribution in [0.3, 0.4) is 0 Å². The Morgan fingerprint density at radius 1 is 0.781 bits per heavy atom. The summed E-state index contributed by atoms with van der Waals surface area (Å²) in [6, 6.07) is 27.0. The third-order valence-corrected chi connectivity index (χ3v) is 5.29. The summed E-state index contributed by atoms with van der Waals surface area (Å²) >= 11 is 0. The van der Waals surface area contributed by atoms with Gasteiger partial charge in [0.25, 0.3) is 17.7 Å². The van der Waals surface area contributed by atoms with Crippen molar-refractivity contribution in [3.8, 4) is 5.75 Å². The van der Waals surface area contributed by atoms with Crippen molar-refractivity contribution in [2.75, 3.05) is 16.8 Å². The van der Waals surface area contributed by atoms with E-state index in [0.29, 0.717) is 11.4 Å². The zero-order chi connectivity index (χ0) is 22.1. The SMILES string of the molecule is O=C(COc1ccc2ccccc2c1)Nc1cccc2c1C(=O)N(c1ccccc1)C2=O. The topological polar surface area (TPSA) is 75.7 Å². The van der Waals surface area contributed by atoms with Crippen molar-refractivity contribution in [2.24, 2.45) is 0 Å². The summed E-state index contributed by atoms with van der Waals surface area (Å²) in [4.78, 5) is 39.5. The maximum Gasteiger partial charge on any atom is 0.268 e. The van der Waals surface area contributed by atoms with Crippen LogP contribution in [0.5, 0.6) is 5.75 Å². The number of fused-ring (bicyclic) bond motifs is 2. The molecule has 3 amide bonds. The third kappa shape index (κ3) is 3.48. The average Bonchev–Trinajstić information content (AvgIpc) is 3.09. The lowest BCUT2D eigenvalue weighted by Gasteiger charge is -2.14. The second kappa shape index (κ2) is 8.00. The van der Waals surface area contributed by atoms with Gasteiger partial charge >= 0.3 is 0 Å². The summed E-state index contributed by atoms with van der Waals surface area (Å²) in [6.45, 7) is -0.230. The van der Waals surface area contributed by atoms with Crippen LogP contribution in [0, 0.1) is 0 Å². The highest BCUT2D eigenvalue weighted by atomic mass is 16.5.